The van der Waals surface area contributed by atoms with Crippen molar-refractivity contribution in [3.05, 3.63) is 12.1 Å². The number of ether oxygens (including phenoxy) is 2. The summed E-state index contributed by atoms with van der Waals surface area (Å²) in [6, 6.07) is 4.20. The van der Waals surface area contributed by atoms with Crippen LogP contribution in [0.1, 0.15) is 0 Å². The van der Waals surface area contributed by atoms with Gasteiger partial charge in [0.1, 0.15) is 0 Å². The molecule has 2 aliphatic rings. The Morgan fingerprint density at radius 2 is 1.53 bits per heavy atom. The van der Waals surface area contributed by atoms with Gasteiger partial charge >= 0.3 is 108 Å². The van der Waals surface area contributed by atoms with E-state index in [0.29, 0.717) is 0 Å². The van der Waals surface area contributed by atoms with Crippen LogP contribution in [0, 0.1) is 0 Å². The maximum absolute atomic E-state index is 5.74. The van der Waals surface area contributed by atoms with Gasteiger partial charge in [-0.1, -0.05) is 0 Å². The zero-order valence-electron chi connectivity index (χ0n) is 8.18. The molecule has 2 aliphatic heterocycles. The fourth-order valence-electron chi connectivity index (χ4n) is 1.14. The summed E-state index contributed by atoms with van der Waals surface area (Å²) in [5, 5.41) is 1.54. The predicted molar refractivity (Wildman–Crippen MR) is 66.9 cm³/mol. The minimum atomic E-state index is -0.320. The zero-order valence-corrected chi connectivity index (χ0v) is 12.1. The van der Waals surface area contributed by atoms with Crippen molar-refractivity contribution in [2.45, 2.75) is 10.5 Å². The van der Waals surface area contributed by atoms with Crippen LogP contribution >= 0.6 is 23.5 Å². The van der Waals surface area contributed by atoms with E-state index in [9.17, 15) is 0 Å². The molecule has 5 heteroatoms. The molecule has 0 aromatic carbocycles. The average Bonchev–Trinajstić information content (AvgIpc) is 3.14. The Balaban J connectivity index is 1.45. The molecule has 2 unspecified atom stereocenters. The normalized spacial score (nSPS) is 27.5. The van der Waals surface area contributed by atoms with Gasteiger partial charge in [-0.2, -0.15) is 0 Å². The van der Waals surface area contributed by atoms with Gasteiger partial charge in [0, 0.05) is 0 Å². The Bertz CT molecular complexity index is 303. The molecule has 0 saturated carbocycles. The standard InChI is InChI=1S/C10H12O2S2Te/c1-2-10(12-4-8-6-14-8)15-9(1)11-3-7-5-13-7/h1-2,7-8H,3-6H2. The molecule has 0 N–H and O–H groups in total. The number of hydrogen-bond acceptors (Lipinski definition) is 4. The van der Waals surface area contributed by atoms with E-state index in [1.165, 1.54) is 19.0 Å². The minimum absolute atomic E-state index is 0.320. The SMILES string of the molecule is c1cc(OCC2CS2)[te]c1OCC1CS1. The van der Waals surface area contributed by atoms with Crippen LogP contribution in [-0.4, -0.2) is 55.7 Å². The molecule has 2 nitrogen and oxygen atoms in total. The fraction of sp³-hybridized carbons (Fsp3) is 0.600. The second-order valence-electron chi connectivity index (χ2n) is 3.61. The fourth-order valence-corrected chi connectivity index (χ4v) is 4.00. The van der Waals surface area contributed by atoms with Gasteiger partial charge in [-0.3, -0.25) is 0 Å². The molecule has 2 saturated heterocycles. The molecule has 0 aliphatic carbocycles. The van der Waals surface area contributed by atoms with E-state index in [1.807, 2.05) is 23.5 Å². The molecular formula is C10H12O2S2Te. The summed E-state index contributed by atoms with van der Waals surface area (Å²) in [5.41, 5.74) is 0. The van der Waals surface area contributed by atoms with Gasteiger partial charge in [0.05, 0.1) is 0 Å². The van der Waals surface area contributed by atoms with Crippen LogP contribution in [0.3, 0.4) is 0 Å². The molecule has 2 atom stereocenters. The van der Waals surface area contributed by atoms with Crippen LogP contribution in [0.25, 0.3) is 0 Å². The molecule has 0 bridgehead atoms. The second kappa shape index (κ2) is 4.83. The van der Waals surface area contributed by atoms with E-state index in [-0.39, 0.29) is 20.4 Å². The van der Waals surface area contributed by atoms with E-state index in [0.717, 1.165) is 23.7 Å². The monoisotopic (exact) mass is 358 g/mol. The molecule has 1 aromatic heterocycles. The first-order valence-electron chi connectivity index (χ1n) is 4.99. The first-order chi connectivity index (χ1) is 7.40. The van der Waals surface area contributed by atoms with Crippen LogP contribution < -0.4 is 9.47 Å². The number of thioether (sulfide) groups is 2. The van der Waals surface area contributed by atoms with Crippen molar-refractivity contribution in [3.8, 4) is 7.53 Å². The third-order valence-corrected chi connectivity index (χ3v) is 6.66. The summed E-state index contributed by atoms with van der Waals surface area (Å²) in [6.07, 6.45) is 0. The summed E-state index contributed by atoms with van der Waals surface area (Å²) in [6.45, 7) is 1.81. The van der Waals surface area contributed by atoms with Gasteiger partial charge in [-0.15, -0.1) is 0 Å². The number of hydrogen-bond donors (Lipinski definition) is 0. The van der Waals surface area contributed by atoms with E-state index in [1.54, 1.807) is 0 Å². The van der Waals surface area contributed by atoms with Gasteiger partial charge < -0.3 is 0 Å². The molecule has 2 fully saturated rings. The van der Waals surface area contributed by atoms with Gasteiger partial charge in [0.15, 0.2) is 0 Å². The van der Waals surface area contributed by atoms with Crippen molar-refractivity contribution in [1.29, 1.82) is 0 Å². The van der Waals surface area contributed by atoms with Gasteiger partial charge in [0.2, 0.25) is 0 Å². The van der Waals surface area contributed by atoms with Crippen LogP contribution in [-0.2, 0) is 0 Å². The van der Waals surface area contributed by atoms with Crippen molar-refractivity contribution in [1.82, 2.24) is 0 Å². The maximum atomic E-state index is 5.74. The van der Waals surface area contributed by atoms with Crippen LogP contribution in [0.15, 0.2) is 12.1 Å². The Morgan fingerprint density at radius 3 is 1.93 bits per heavy atom. The summed E-state index contributed by atoms with van der Waals surface area (Å²) < 4.78 is 13.9. The van der Waals surface area contributed by atoms with Crippen LogP contribution in [0.4, 0.5) is 0 Å². The van der Waals surface area contributed by atoms with E-state index in [2.05, 4.69) is 12.1 Å². The topological polar surface area (TPSA) is 18.5 Å². The van der Waals surface area contributed by atoms with Crippen molar-refractivity contribution in [3.63, 3.8) is 0 Å². The Labute approximate surface area is 108 Å². The third kappa shape index (κ3) is 3.52. The van der Waals surface area contributed by atoms with Crippen molar-refractivity contribution < 1.29 is 9.47 Å². The van der Waals surface area contributed by atoms with Gasteiger partial charge in [-0.25, -0.2) is 0 Å². The first-order valence-corrected chi connectivity index (χ1v) is 9.41. The molecule has 15 heavy (non-hydrogen) atoms. The molecule has 1 aromatic rings. The average molecular weight is 356 g/mol. The van der Waals surface area contributed by atoms with Gasteiger partial charge in [0.25, 0.3) is 0 Å². The van der Waals surface area contributed by atoms with E-state index < -0.39 is 0 Å². The molecule has 3 heterocycles. The third-order valence-electron chi connectivity index (χ3n) is 2.18. The number of rotatable bonds is 6. The predicted octanol–water partition coefficient (Wildman–Crippen LogP) is 1.73. The molecule has 0 radical (unpaired) electrons. The van der Waals surface area contributed by atoms with Crippen LogP contribution in [0.5, 0.6) is 7.53 Å². The first kappa shape index (κ1) is 10.7. The molecular weight excluding hydrogens is 344 g/mol. The zero-order chi connectivity index (χ0) is 10.1. The van der Waals surface area contributed by atoms with Gasteiger partial charge in [-0.05, 0) is 0 Å². The molecule has 0 spiro atoms. The Hall–Kier alpha value is 0.570. The summed E-state index contributed by atoms with van der Waals surface area (Å²) in [7, 11) is 0. The van der Waals surface area contributed by atoms with Crippen LogP contribution in [0.2, 0.25) is 0 Å². The Kier molecular flexibility index (Phi) is 3.45. The van der Waals surface area contributed by atoms with E-state index >= 15 is 0 Å². The Morgan fingerprint density at radius 1 is 1.07 bits per heavy atom. The van der Waals surface area contributed by atoms with Crippen molar-refractivity contribution in [2.75, 3.05) is 24.7 Å². The summed E-state index contributed by atoms with van der Waals surface area (Å²) in [4.78, 5) is 0. The molecule has 0 amide bonds. The molecule has 3 rings (SSSR count). The van der Waals surface area contributed by atoms with E-state index in [4.69, 9.17) is 9.47 Å². The summed E-state index contributed by atoms with van der Waals surface area (Å²) >= 11 is 3.65. The van der Waals surface area contributed by atoms with Crippen molar-refractivity contribution in [2.24, 2.45) is 0 Å². The van der Waals surface area contributed by atoms with Crippen molar-refractivity contribution >= 4 is 44.0 Å². The molecule has 82 valence electrons. The quantitative estimate of drug-likeness (QED) is 0.571. The summed E-state index contributed by atoms with van der Waals surface area (Å²) in [5.74, 6) is 2.56. The second-order valence-corrected chi connectivity index (χ2v) is 9.15.